The summed E-state index contributed by atoms with van der Waals surface area (Å²) in [7, 11) is 0. The summed E-state index contributed by atoms with van der Waals surface area (Å²) in [6, 6.07) is 9.64. The summed E-state index contributed by atoms with van der Waals surface area (Å²) in [4.78, 5) is 25.6. The predicted molar refractivity (Wildman–Crippen MR) is 121 cm³/mol. The molecule has 0 radical (unpaired) electrons. The van der Waals surface area contributed by atoms with Crippen molar-refractivity contribution in [3.8, 4) is 5.69 Å². The van der Waals surface area contributed by atoms with Crippen molar-refractivity contribution in [1.82, 2.24) is 9.78 Å². The highest BCUT2D eigenvalue weighted by atomic mass is 32.2. The average molecular weight is 463 g/mol. The predicted octanol–water partition coefficient (Wildman–Crippen LogP) is 4.43. The van der Waals surface area contributed by atoms with E-state index in [0.29, 0.717) is 14.5 Å². The van der Waals surface area contributed by atoms with Gasteiger partial charge in [0.25, 0.3) is 5.91 Å². The van der Waals surface area contributed by atoms with Crippen molar-refractivity contribution in [1.29, 1.82) is 0 Å². The van der Waals surface area contributed by atoms with Gasteiger partial charge in [0, 0.05) is 4.88 Å². The lowest BCUT2D eigenvalue weighted by Gasteiger charge is -2.11. The Kier molecular flexibility index (Phi) is 6.14. The van der Waals surface area contributed by atoms with Crippen LogP contribution in [-0.4, -0.2) is 27.3 Å². The van der Waals surface area contributed by atoms with Crippen molar-refractivity contribution < 1.29 is 9.59 Å². The van der Waals surface area contributed by atoms with Gasteiger partial charge < -0.3 is 11.1 Å². The molecule has 0 saturated heterocycles. The lowest BCUT2D eigenvalue weighted by molar-refractivity contribution is -0.113. The number of amides is 2. The Morgan fingerprint density at radius 1 is 1.21 bits per heavy atom. The van der Waals surface area contributed by atoms with Gasteiger partial charge in [0.05, 0.1) is 17.0 Å². The number of para-hydroxylation sites is 1. The maximum atomic E-state index is 12.5. The second kappa shape index (κ2) is 8.78. The summed E-state index contributed by atoms with van der Waals surface area (Å²) >= 11 is 9.55. The highest BCUT2D eigenvalue weighted by Crippen LogP contribution is 2.38. The zero-order valence-electron chi connectivity index (χ0n) is 15.3. The number of thiophene rings is 1. The minimum atomic E-state index is -0.480. The number of benzene rings is 1. The van der Waals surface area contributed by atoms with Crippen LogP contribution in [0, 0.1) is 3.95 Å². The molecular weight excluding hydrogens is 445 g/mol. The molecule has 4 rings (SSSR count). The van der Waals surface area contributed by atoms with E-state index in [1.165, 1.54) is 34.4 Å². The number of nitrogens with one attached hydrogen (secondary N) is 1. The van der Waals surface area contributed by atoms with E-state index in [1.807, 2.05) is 30.3 Å². The Morgan fingerprint density at radius 3 is 2.72 bits per heavy atom. The monoisotopic (exact) mass is 462 g/mol. The molecule has 2 amide bonds. The van der Waals surface area contributed by atoms with Crippen molar-refractivity contribution in [2.75, 3.05) is 11.1 Å². The van der Waals surface area contributed by atoms with Crippen LogP contribution >= 0.6 is 46.7 Å². The van der Waals surface area contributed by atoms with Crippen LogP contribution in [0.15, 0.2) is 34.7 Å². The van der Waals surface area contributed by atoms with Crippen molar-refractivity contribution in [3.05, 3.63) is 50.3 Å². The summed E-state index contributed by atoms with van der Waals surface area (Å²) < 4.78 is 3.04. The van der Waals surface area contributed by atoms with E-state index in [0.717, 1.165) is 46.2 Å². The Bertz CT molecular complexity index is 1120. The maximum Gasteiger partial charge on any atom is 0.251 e. The van der Waals surface area contributed by atoms with Gasteiger partial charge >= 0.3 is 0 Å². The fourth-order valence-corrected chi connectivity index (χ4v) is 6.73. The topological polar surface area (TPSA) is 90.0 Å². The van der Waals surface area contributed by atoms with Gasteiger partial charge in [0.15, 0.2) is 8.29 Å². The molecule has 6 nitrogen and oxygen atoms in total. The summed E-state index contributed by atoms with van der Waals surface area (Å²) in [6.45, 7) is 0. The Morgan fingerprint density at radius 2 is 1.97 bits per heavy atom. The van der Waals surface area contributed by atoms with Crippen LogP contribution in [0.2, 0.25) is 0 Å². The molecule has 1 aromatic carbocycles. The van der Waals surface area contributed by atoms with Gasteiger partial charge in [-0.2, -0.15) is 0 Å². The van der Waals surface area contributed by atoms with E-state index in [-0.39, 0.29) is 11.7 Å². The number of carbonyl (C=O) groups is 2. The molecule has 1 aliphatic carbocycles. The van der Waals surface area contributed by atoms with Gasteiger partial charge in [-0.1, -0.05) is 41.3 Å². The highest BCUT2D eigenvalue weighted by Gasteiger charge is 2.25. The van der Waals surface area contributed by atoms with E-state index in [4.69, 9.17) is 18.0 Å². The molecule has 29 heavy (non-hydrogen) atoms. The molecule has 0 atom stereocenters. The molecule has 0 unspecified atom stereocenters. The highest BCUT2D eigenvalue weighted by molar-refractivity contribution is 8.01. The third-order valence-corrected chi connectivity index (χ3v) is 8.10. The van der Waals surface area contributed by atoms with Crippen LogP contribution in [0.1, 0.15) is 33.6 Å². The third kappa shape index (κ3) is 4.45. The van der Waals surface area contributed by atoms with Gasteiger partial charge in [0.2, 0.25) is 5.91 Å². The van der Waals surface area contributed by atoms with Gasteiger partial charge in [-0.25, -0.2) is 4.68 Å². The number of aromatic nitrogens is 2. The number of carbonyl (C=O) groups excluding carboxylic acids is 2. The average Bonchev–Trinajstić information content (AvgIpc) is 3.26. The molecule has 2 aromatic heterocycles. The Balaban J connectivity index is 1.45. The molecule has 0 fully saturated rings. The minimum Gasteiger partial charge on any atom is -0.365 e. The molecule has 3 N–H and O–H groups in total. The van der Waals surface area contributed by atoms with Gasteiger partial charge in [-0.05, 0) is 55.6 Å². The second-order valence-electron chi connectivity index (χ2n) is 6.50. The normalized spacial score (nSPS) is 13.1. The molecule has 3 aromatic rings. The molecule has 0 bridgehead atoms. The molecule has 0 aliphatic heterocycles. The Labute approximate surface area is 185 Å². The third-order valence-electron chi connectivity index (χ3n) is 4.53. The van der Waals surface area contributed by atoms with E-state index in [9.17, 15) is 9.59 Å². The number of aryl methyl sites for hydroxylation is 1. The molecule has 150 valence electrons. The van der Waals surface area contributed by atoms with Crippen LogP contribution < -0.4 is 11.1 Å². The first kappa shape index (κ1) is 20.3. The molecule has 0 spiro atoms. The van der Waals surface area contributed by atoms with E-state index in [2.05, 4.69) is 10.4 Å². The van der Waals surface area contributed by atoms with Crippen LogP contribution in [0.4, 0.5) is 5.00 Å². The number of hydrogen-bond donors (Lipinski definition) is 2. The lowest BCUT2D eigenvalue weighted by Crippen LogP contribution is -2.19. The fraction of sp³-hybridized carbons (Fsp3) is 0.263. The van der Waals surface area contributed by atoms with Crippen LogP contribution in [-0.2, 0) is 17.6 Å². The van der Waals surface area contributed by atoms with Crippen LogP contribution in [0.3, 0.4) is 0 Å². The number of thioether (sulfide) groups is 1. The van der Waals surface area contributed by atoms with Crippen LogP contribution in [0.25, 0.3) is 5.69 Å². The first-order valence-corrected chi connectivity index (χ1v) is 12.1. The number of hydrogen-bond acceptors (Lipinski definition) is 7. The van der Waals surface area contributed by atoms with Crippen LogP contribution in [0.5, 0.6) is 0 Å². The number of nitrogens with zero attached hydrogens (tertiary/aromatic N) is 2. The molecule has 2 heterocycles. The SMILES string of the molecule is NC(=O)c1c(NC(=O)CSc2nn(-c3ccccc3)c(=S)s2)sc2c1CCCC2. The van der Waals surface area contributed by atoms with Gasteiger partial charge in [-0.3, -0.25) is 9.59 Å². The smallest absolute Gasteiger partial charge is 0.251 e. The molecule has 10 heteroatoms. The van der Waals surface area contributed by atoms with E-state index < -0.39 is 5.91 Å². The van der Waals surface area contributed by atoms with Crippen molar-refractivity contribution in [3.63, 3.8) is 0 Å². The summed E-state index contributed by atoms with van der Waals surface area (Å²) in [5.41, 5.74) is 7.97. The number of primary amides is 1. The van der Waals surface area contributed by atoms with Gasteiger partial charge in [-0.15, -0.1) is 16.4 Å². The fourth-order valence-electron chi connectivity index (χ4n) is 3.26. The number of rotatable bonds is 6. The molecule has 1 aliphatic rings. The first-order valence-electron chi connectivity index (χ1n) is 9.05. The Hall–Kier alpha value is -2.01. The first-order chi connectivity index (χ1) is 14.0. The zero-order valence-corrected chi connectivity index (χ0v) is 18.6. The summed E-state index contributed by atoms with van der Waals surface area (Å²) in [6.07, 6.45) is 3.92. The summed E-state index contributed by atoms with van der Waals surface area (Å²) in [5.74, 6) is -0.493. The zero-order chi connectivity index (χ0) is 20.4. The summed E-state index contributed by atoms with van der Waals surface area (Å²) in [5, 5.41) is 7.94. The van der Waals surface area contributed by atoms with E-state index >= 15 is 0 Å². The largest absolute Gasteiger partial charge is 0.365 e. The number of anilines is 1. The van der Waals surface area contributed by atoms with Gasteiger partial charge in [0.1, 0.15) is 5.00 Å². The standard InChI is InChI=1S/C19H18N4O2S4/c20-16(25)15-12-8-4-5-9-13(12)28-17(15)21-14(24)10-27-18-22-23(19(26)29-18)11-6-2-1-3-7-11/h1-3,6-7H,4-5,8-10H2,(H2,20,25)(H,21,24). The number of fused-ring (bicyclic) bond motifs is 1. The second-order valence-corrected chi connectivity index (χ2v) is 10.4. The quantitative estimate of drug-likeness (QED) is 0.418. The van der Waals surface area contributed by atoms with Crippen molar-refractivity contribution in [2.24, 2.45) is 5.73 Å². The lowest BCUT2D eigenvalue weighted by atomic mass is 9.95. The minimum absolute atomic E-state index is 0.178. The number of nitrogens with two attached hydrogens (primary N) is 1. The van der Waals surface area contributed by atoms with Crippen molar-refractivity contribution in [2.45, 2.75) is 30.0 Å². The van der Waals surface area contributed by atoms with E-state index in [1.54, 1.807) is 4.68 Å². The maximum absolute atomic E-state index is 12.5. The molecule has 0 saturated carbocycles. The molecular formula is C19H18N4O2S4. The van der Waals surface area contributed by atoms with Crippen molar-refractivity contribution >= 4 is 63.5 Å².